The maximum atomic E-state index is 12.5. The number of hydrogen-bond acceptors (Lipinski definition) is 2. The quantitative estimate of drug-likeness (QED) is 0.737. The number of amides is 1. The van der Waals surface area contributed by atoms with Crippen molar-refractivity contribution in [2.45, 2.75) is 51.6 Å². The molecule has 2 atom stereocenters. The molecule has 0 aromatic heterocycles. The van der Waals surface area contributed by atoms with Gasteiger partial charge in [0.05, 0.1) is 0 Å². The number of likely N-dealkylation sites (tertiary alicyclic amines) is 1. The minimum atomic E-state index is 0.0914. The van der Waals surface area contributed by atoms with Gasteiger partial charge >= 0.3 is 0 Å². The lowest BCUT2D eigenvalue weighted by Crippen LogP contribution is -2.46. The Balaban J connectivity index is 1.78. The number of benzene rings is 2. The molecule has 1 aliphatic heterocycles. The molecule has 2 aromatic carbocycles. The molecule has 0 aliphatic carbocycles. The third-order valence-electron chi connectivity index (χ3n) is 5.25. The van der Waals surface area contributed by atoms with Crippen LogP contribution in [-0.4, -0.2) is 30.0 Å². The van der Waals surface area contributed by atoms with Gasteiger partial charge in [-0.2, -0.15) is 0 Å². The van der Waals surface area contributed by atoms with Crippen LogP contribution in [0.3, 0.4) is 0 Å². The van der Waals surface area contributed by atoms with Gasteiger partial charge in [0.15, 0.2) is 0 Å². The lowest BCUT2D eigenvalue weighted by atomic mass is 9.87. The molecule has 3 heteroatoms. The van der Waals surface area contributed by atoms with Crippen LogP contribution in [0.5, 0.6) is 5.75 Å². The number of aryl methyl sites for hydroxylation is 1. The van der Waals surface area contributed by atoms with E-state index in [9.17, 15) is 4.79 Å². The van der Waals surface area contributed by atoms with Crippen LogP contribution in [0.2, 0.25) is 0 Å². The molecule has 2 aromatic rings. The summed E-state index contributed by atoms with van der Waals surface area (Å²) in [5.41, 5.74) is 2.40. The summed E-state index contributed by atoms with van der Waals surface area (Å²) >= 11 is 0. The van der Waals surface area contributed by atoms with Crippen molar-refractivity contribution in [3.05, 3.63) is 65.7 Å². The van der Waals surface area contributed by atoms with Crippen molar-refractivity contribution in [3.8, 4) is 5.75 Å². The molecule has 3 rings (SSSR count). The molecular weight excluding hydrogens is 322 g/mol. The Morgan fingerprint density at radius 2 is 1.85 bits per heavy atom. The highest BCUT2D eigenvalue weighted by atomic mass is 16.5. The van der Waals surface area contributed by atoms with E-state index in [4.69, 9.17) is 4.74 Å². The minimum Gasteiger partial charge on any atom is -0.489 e. The SMILES string of the molecule is CCCCC(=O)N1CCC(Oc2ccccc2C)C(c2ccccc2)C1. The molecule has 1 aliphatic rings. The number of unbranched alkanes of at least 4 members (excludes halogenated alkanes) is 1. The Hall–Kier alpha value is -2.29. The van der Waals surface area contributed by atoms with Crippen molar-refractivity contribution in [2.75, 3.05) is 13.1 Å². The van der Waals surface area contributed by atoms with E-state index in [1.165, 1.54) is 5.56 Å². The van der Waals surface area contributed by atoms with Gasteiger partial charge in [0.2, 0.25) is 5.91 Å². The van der Waals surface area contributed by atoms with Crippen LogP contribution < -0.4 is 4.74 Å². The highest BCUT2D eigenvalue weighted by Gasteiger charge is 2.33. The van der Waals surface area contributed by atoms with E-state index in [1.54, 1.807) is 0 Å². The van der Waals surface area contributed by atoms with Crippen LogP contribution in [0, 0.1) is 6.92 Å². The van der Waals surface area contributed by atoms with E-state index in [0.717, 1.165) is 43.7 Å². The third kappa shape index (κ3) is 4.46. The molecule has 3 nitrogen and oxygen atoms in total. The second kappa shape index (κ2) is 8.88. The van der Waals surface area contributed by atoms with E-state index in [-0.39, 0.29) is 17.9 Å². The van der Waals surface area contributed by atoms with Crippen LogP contribution in [0.1, 0.15) is 49.7 Å². The van der Waals surface area contributed by atoms with Crippen LogP contribution in [-0.2, 0) is 4.79 Å². The summed E-state index contributed by atoms with van der Waals surface area (Å²) in [6.45, 7) is 5.73. The summed E-state index contributed by atoms with van der Waals surface area (Å²) in [5.74, 6) is 1.43. The van der Waals surface area contributed by atoms with Gasteiger partial charge in [-0.25, -0.2) is 0 Å². The number of hydrogen-bond donors (Lipinski definition) is 0. The van der Waals surface area contributed by atoms with E-state index in [0.29, 0.717) is 6.42 Å². The molecule has 1 saturated heterocycles. The first-order valence-electron chi connectivity index (χ1n) is 9.74. The molecule has 2 unspecified atom stereocenters. The minimum absolute atomic E-state index is 0.0914. The molecule has 1 fully saturated rings. The number of nitrogens with zero attached hydrogens (tertiary/aromatic N) is 1. The standard InChI is InChI=1S/C23H29NO2/c1-3-4-14-23(25)24-16-15-22(26-21-13-9-8-10-18(21)2)20(17-24)19-11-6-5-7-12-19/h5-13,20,22H,3-4,14-17H2,1-2H3. The predicted molar refractivity (Wildman–Crippen MR) is 106 cm³/mol. The summed E-state index contributed by atoms with van der Waals surface area (Å²) in [7, 11) is 0. The van der Waals surface area contributed by atoms with Crippen molar-refractivity contribution in [2.24, 2.45) is 0 Å². The Morgan fingerprint density at radius 3 is 2.58 bits per heavy atom. The summed E-state index contributed by atoms with van der Waals surface area (Å²) in [4.78, 5) is 14.6. The van der Waals surface area contributed by atoms with E-state index < -0.39 is 0 Å². The Kier molecular flexibility index (Phi) is 6.32. The fraction of sp³-hybridized carbons (Fsp3) is 0.435. The number of carbonyl (C=O) groups excluding carboxylic acids is 1. The molecule has 26 heavy (non-hydrogen) atoms. The van der Waals surface area contributed by atoms with Gasteiger partial charge in [-0.15, -0.1) is 0 Å². The zero-order chi connectivity index (χ0) is 18.4. The highest BCUT2D eigenvalue weighted by molar-refractivity contribution is 5.76. The maximum absolute atomic E-state index is 12.5. The fourth-order valence-corrected chi connectivity index (χ4v) is 3.66. The molecule has 0 bridgehead atoms. The van der Waals surface area contributed by atoms with Crippen LogP contribution >= 0.6 is 0 Å². The Morgan fingerprint density at radius 1 is 1.12 bits per heavy atom. The smallest absolute Gasteiger partial charge is 0.222 e. The van der Waals surface area contributed by atoms with Crippen LogP contribution in [0.15, 0.2) is 54.6 Å². The zero-order valence-electron chi connectivity index (χ0n) is 15.9. The van der Waals surface area contributed by atoms with E-state index in [1.807, 2.05) is 29.2 Å². The molecule has 0 N–H and O–H groups in total. The monoisotopic (exact) mass is 351 g/mol. The first-order chi connectivity index (χ1) is 12.7. The van der Waals surface area contributed by atoms with Gasteiger partial charge in [0, 0.05) is 31.8 Å². The van der Waals surface area contributed by atoms with Crippen LogP contribution in [0.4, 0.5) is 0 Å². The third-order valence-corrected chi connectivity index (χ3v) is 5.25. The number of carbonyl (C=O) groups is 1. The van der Waals surface area contributed by atoms with Crippen molar-refractivity contribution in [1.82, 2.24) is 4.90 Å². The number of rotatable bonds is 6. The van der Waals surface area contributed by atoms with Gasteiger partial charge in [-0.1, -0.05) is 61.9 Å². The van der Waals surface area contributed by atoms with Crippen molar-refractivity contribution in [1.29, 1.82) is 0 Å². The zero-order valence-corrected chi connectivity index (χ0v) is 15.9. The molecule has 1 heterocycles. The van der Waals surface area contributed by atoms with Crippen LogP contribution in [0.25, 0.3) is 0 Å². The lowest BCUT2D eigenvalue weighted by Gasteiger charge is -2.39. The van der Waals surface area contributed by atoms with Gasteiger partial charge in [0.1, 0.15) is 11.9 Å². The molecule has 1 amide bonds. The van der Waals surface area contributed by atoms with Gasteiger partial charge in [-0.05, 0) is 30.5 Å². The summed E-state index contributed by atoms with van der Waals surface area (Å²) in [6, 6.07) is 18.6. The molecule has 0 saturated carbocycles. The maximum Gasteiger partial charge on any atom is 0.222 e. The number of piperidine rings is 1. The lowest BCUT2D eigenvalue weighted by molar-refractivity contribution is -0.133. The Bertz CT molecular complexity index is 713. The predicted octanol–water partition coefficient (Wildman–Crippen LogP) is 4.95. The Labute approximate surface area is 157 Å². The first-order valence-corrected chi connectivity index (χ1v) is 9.74. The van der Waals surface area contributed by atoms with Crippen molar-refractivity contribution in [3.63, 3.8) is 0 Å². The second-order valence-electron chi connectivity index (χ2n) is 7.17. The van der Waals surface area contributed by atoms with Gasteiger partial charge in [-0.3, -0.25) is 4.79 Å². The second-order valence-corrected chi connectivity index (χ2v) is 7.17. The summed E-state index contributed by atoms with van der Waals surface area (Å²) < 4.78 is 6.42. The normalized spacial score (nSPS) is 20.0. The average molecular weight is 351 g/mol. The largest absolute Gasteiger partial charge is 0.489 e. The van der Waals surface area contributed by atoms with Gasteiger partial charge in [0.25, 0.3) is 0 Å². The fourth-order valence-electron chi connectivity index (χ4n) is 3.66. The molecular formula is C23H29NO2. The van der Waals surface area contributed by atoms with E-state index in [2.05, 4.69) is 44.2 Å². The summed E-state index contributed by atoms with van der Waals surface area (Å²) in [5, 5.41) is 0. The molecule has 0 radical (unpaired) electrons. The first kappa shape index (κ1) is 18.5. The summed E-state index contributed by atoms with van der Waals surface area (Å²) in [6.07, 6.45) is 3.64. The van der Waals surface area contributed by atoms with Gasteiger partial charge < -0.3 is 9.64 Å². The molecule has 138 valence electrons. The average Bonchev–Trinajstić information content (AvgIpc) is 2.69. The van der Waals surface area contributed by atoms with Crippen molar-refractivity contribution < 1.29 is 9.53 Å². The topological polar surface area (TPSA) is 29.5 Å². The highest BCUT2D eigenvalue weighted by Crippen LogP contribution is 2.32. The molecule has 0 spiro atoms. The number of para-hydroxylation sites is 1. The van der Waals surface area contributed by atoms with Crippen molar-refractivity contribution >= 4 is 5.91 Å². The van der Waals surface area contributed by atoms with E-state index >= 15 is 0 Å². The number of ether oxygens (including phenoxy) is 1.